The van der Waals surface area contributed by atoms with Crippen molar-refractivity contribution in [3.05, 3.63) is 65.7 Å². The molecule has 0 aliphatic rings. The molecule has 0 atom stereocenters. The van der Waals surface area contributed by atoms with E-state index in [9.17, 15) is 9.90 Å². The summed E-state index contributed by atoms with van der Waals surface area (Å²) in [6.07, 6.45) is 2.64. The van der Waals surface area contributed by atoms with Crippen LogP contribution in [-0.4, -0.2) is 11.0 Å². The van der Waals surface area contributed by atoms with Crippen LogP contribution in [0.1, 0.15) is 11.1 Å². The Balaban J connectivity index is 2.12. The average Bonchev–Trinajstić information content (AvgIpc) is 2.46. The molecule has 2 aromatic rings. The number of phenolic OH excluding ortho intramolecular Hbond substituents is 1. The van der Waals surface area contributed by atoms with Crippen molar-refractivity contribution < 1.29 is 14.6 Å². The van der Waals surface area contributed by atoms with E-state index in [1.807, 2.05) is 30.3 Å². The maximum absolute atomic E-state index is 10.7. The molecule has 4 heteroatoms. The molecular weight excluding hydrogens is 254 g/mol. The molecule has 0 unspecified atom stereocenters. The van der Waals surface area contributed by atoms with Gasteiger partial charge in [-0.1, -0.05) is 42.5 Å². The molecule has 0 aliphatic heterocycles. The molecule has 0 spiro atoms. The second kappa shape index (κ2) is 6.43. The van der Waals surface area contributed by atoms with E-state index in [0.29, 0.717) is 17.9 Å². The first-order valence-electron chi connectivity index (χ1n) is 6.13. The van der Waals surface area contributed by atoms with E-state index in [1.165, 1.54) is 12.2 Å². The first-order valence-corrected chi connectivity index (χ1v) is 6.13. The van der Waals surface area contributed by atoms with Crippen LogP contribution in [0, 0.1) is 0 Å². The second-order valence-corrected chi connectivity index (χ2v) is 4.20. The maximum Gasteiger partial charge on any atom is 0.241 e. The first-order chi connectivity index (χ1) is 9.66. The molecule has 0 saturated carbocycles. The van der Waals surface area contributed by atoms with Crippen LogP contribution in [-0.2, 0) is 11.4 Å². The van der Waals surface area contributed by atoms with Gasteiger partial charge in [-0.3, -0.25) is 4.79 Å². The van der Waals surface area contributed by atoms with E-state index in [2.05, 4.69) is 0 Å². The number of phenols is 1. The third-order valence-corrected chi connectivity index (χ3v) is 2.69. The van der Waals surface area contributed by atoms with Crippen LogP contribution in [0.5, 0.6) is 11.5 Å². The summed E-state index contributed by atoms with van der Waals surface area (Å²) in [6, 6.07) is 14.7. The highest BCUT2D eigenvalue weighted by Crippen LogP contribution is 2.31. The Morgan fingerprint density at radius 2 is 1.90 bits per heavy atom. The number of benzene rings is 2. The minimum Gasteiger partial charge on any atom is -0.504 e. The van der Waals surface area contributed by atoms with Crippen LogP contribution < -0.4 is 10.5 Å². The monoisotopic (exact) mass is 269 g/mol. The van der Waals surface area contributed by atoms with Gasteiger partial charge in [-0.15, -0.1) is 0 Å². The average molecular weight is 269 g/mol. The van der Waals surface area contributed by atoms with Gasteiger partial charge in [0.2, 0.25) is 5.91 Å². The number of amides is 1. The summed E-state index contributed by atoms with van der Waals surface area (Å²) in [5.74, 6) is -0.221. The molecule has 0 saturated heterocycles. The molecule has 0 aromatic heterocycles. The van der Waals surface area contributed by atoms with Crippen molar-refractivity contribution >= 4 is 12.0 Å². The summed E-state index contributed by atoms with van der Waals surface area (Å²) >= 11 is 0. The van der Waals surface area contributed by atoms with Gasteiger partial charge >= 0.3 is 0 Å². The Bertz CT molecular complexity index is 621. The topological polar surface area (TPSA) is 72.6 Å². The molecule has 0 fully saturated rings. The lowest BCUT2D eigenvalue weighted by Crippen LogP contribution is -2.05. The van der Waals surface area contributed by atoms with Gasteiger partial charge in [0.25, 0.3) is 0 Å². The predicted octanol–water partition coefficient (Wildman–Crippen LogP) is 2.47. The van der Waals surface area contributed by atoms with Crippen molar-refractivity contribution in [3.8, 4) is 11.5 Å². The molecular formula is C16H15NO3. The van der Waals surface area contributed by atoms with E-state index in [-0.39, 0.29) is 5.75 Å². The zero-order valence-electron chi connectivity index (χ0n) is 10.8. The van der Waals surface area contributed by atoms with Crippen molar-refractivity contribution in [3.63, 3.8) is 0 Å². The molecule has 0 radical (unpaired) electrons. The predicted molar refractivity (Wildman–Crippen MR) is 77.1 cm³/mol. The fourth-order valence-electron chi connectivity index (χ4n) is 1.70. The molecule has 0 bridgehead atoms. The normalized spacial score (nSPS) is 10.6. The molecule has 2 rings (SSSR count). The van der Waals surface area contributed by atoms with Crippen LogP contribution in [0.4, 0.5) is 0 Å². The zero-order chi connectivity index (χ0) is 14.4. The molecule has 2 aromatic carbocycles. The van der Waals surface area contributed by atoms with E-state index >= 15 is 0 Å². The summed E-state index contributed by atoms with van der Waals surface area (Å²) in [5.41, 5.74) is 6.51. The van der Waals surface area contributed by atoms with E-state index in [0.717, 1.165) is 5.56 Å². The zero-order valence-corrected chi connectivity index (χ0v) is 10.8. The third-order valence-electron chi connectivity index (χ3n) is 2.69. The first kappa shape index (κ1) is 13.7. The quantitative estimate of drug-likeness (QED) is 0.819. The minimum atomic E-state index is -0.569. The number of hydrogen-bond acceptors (Lipinski definition) is 3. The largest absolute Gasteiger partial charge is 0.504 e. The lowest BCUT2D eigenvalue weighted by Gasteiger charge is -2.09. The molecule has 102 valence electrons. The number of primary amides is 1. The maximum atomic E-state index is 10.7. The van der Waals surface area contributed by atoms with Crippen LogP contribution in [0.2, 0.25) is 0 Å². The second-order valence-electron chi connectivity index (χ2n) is 4.20. The van der Waals surface area contributed by atoms with E-state index in [4.69, 9.17) is 10.5 Å². The van der Waals surface area contributed by atoms with Gasteiger partial charge in [0.1, 0.15) is 6.61 Å². The van der Waals surface area contributed by atoms with Gasteiger partial charge in [-0.05, 0) is 17.7 Å². The molecule has 1 amide bonds. The number of nitrogens with two attached hydrogens (primary N) is 1. The van der Waals surface area contributed by atoms with Crippen LogP contribution in [0.15, 0.2) is 54.6 Å². The van der Waals surface area contributed by atoms with Crippen molar-refractivity contribution in [1.29, 1.82) is 0 Å². The smallest absolute Gasteiger partial charge is 0.241 e. The number of rotatable bonds is 5. The fourth-order valence-corrected chi connectivity index (χ4v) is 1.70. The van der Waals surface area contributed by atoms with Gasteiger partial charge in [0.15, 0.2) is 11.5 Å². The number of ether oxygens (including phenoxy) is 1. The molecule has 0 heterocycles. The van der Waals surface area contributed by atoms with Crippen molar-refractivity contribution in [2.75, 3.05) is 0 Å². The van der Waals surface area contributed by atoms with Gasteiger partial charge < -0.3 is 15.6 Å². The van der Waals surface area contributed by atoms with Crippen molar-refractivity contribution in [2.24, 2.45) is 5.73 Å². The summed E-state index contributed by atoms with van der Waals surface area (Å²) in [5, 5.41) is 10.1. The fraction of sp³-hybridized carbons (Fsp3) is 0.0625. The van der Waals surface area contributed by atoms with Crippen LogP contribution in [0.25, 0.3) is 6.08 Å². The van der Waals surface area contributed by atoms with Crippen molar-refractivity contribution in [2.45, 2.75) is 6.61 Å². The van der Waals surface area contributed by atoms with Gasteiger partial charge in [-0.2, -0.15) is 0 Å². The minimum absolute atomic E-state index is 0.0130. The van der Waals surface area contributed by atoms with E-state index < -0.39 is 5.91 Å². The number of carbonyl (C=O) groups excluding carboxylic acids is 1. The van der Waals surface area contributed by atoms with Gasteiger partial charge in [0, 0.05) is 11.6 Å². The lowest BCUT2D eigenvalue weighted by molar-refractivity contribution is -0.113. The summed E-state index contributed by atoms with van der Waals surface area (Å²) < 4.78 is 5.57. The van der Waals surface area contributed by atoms with Crippen molar-refractivity contribution in [1.82, 2.24) is 0 Å². The molecule has 3 N–H and O–H groups in total. The Kier molecular flexibility index (Phi) is 4.39. The molecule has 0 aliphatic carbocycles. The number of hydrogen-bond donors (Lipinski definition) is 2. The highest BCUT2D eigenvalue weighted by molar-refractivity contribution is 5.90. The number of aromatic hydroxyl groups is 1. The highest BCUT2D eigenvalue weighted by Gasteiger charge is 2.06. The number of para-hydroxylation sites is 1. The SMILES string of the molecule is NC(=O)/C=C/c1cccc(OCc2ccccc2)c1O. The summed E-state index contributed by atoms with van der Waals surface area (Å²) in [6.45, 7) is 0.359. The molecule has 20 heavy (non-hydrogen) atoms. The molecule has 4 nitrogen and oxygen atoms in total. The summed E-state index contributed by atoms with van der Waals surface area (Å²) in [7, 11) is 0. The highest BCUT2D eigenvalue weighted by atomic mass is 16.5. The standard InChI is InChI=1S/C16H15NO3/c17-15(18)10-9-13-7-4-8-14(16(13)19)20-11-12-5-2-1-3-6-12/h1-10,19H,11H2,(H2,17,18)/b10-9+. The Morgan fingerprint density at radius 1 is 1.15 bits per heavy atom. The van der Waals surface area contributed by atoms with Crippen LogP contribution >= 0.6 is 0 Å². The third kappa shape index (κ3) is 3.62. The van der Waals surface area contributed by atoms with Gasteiger partial charge in [-0.25, -0.2) is 0 Å². The lowest BCUT2D eigenvalue weighted by atomic mass is 10.1. The Labute approximate surface area is 117 Å². The Hall–Kier alpha value is -2.75. The summed E-state index contributed by atoms with van der Waals surface area (Å²) in [4.78, 5) is 10.7. The van der Waals surface area contributed by atoms with Gasteiger partial charge in [0.05, 0.1) is 0 Å². The van der Waals surface area contributed by atoms with Crippen LogP contribution in [0.3, 0.4) is 0 Å². The Morgan fingerprint density at radius 3 is 2.60 bits per heavy atom. The number of carbonyl (C=O) groups is 1. The van der Waals surface area contributed by atoms with E-state index in [1.54, 1.807) is 18.2 Å².